The van der Waals surface area contributed by atoms with E-state index in [2.05, 4.69) is 52.0 Å². The Morgan fingerprint density at radius 3 is 1.90 bits per heavy atom. The van der Waals surface area contributed by atoms with Gasteiger partial charge in [0, 0.05) is 12.8 Å². The molecule has 1 aromatic rings. The lowest BCUT2D eigenvalue weighted by Gasteiger charge is -2.19. The molecule has 2 heteroatoms. The van der Waals surface area contributed by atoms with E-state index in [4.69, 9.17) is 0 Å². The summed E-state index contributed by atoms with van der Waals surface area (Å²) >= 11 is 0. The van der Waals surface area contributed by atoms with Crippen molar-refractivity contribution >= 4 is 12.6 Å². The zero-order valence-electron chi connectivity index (χ0n) is 13.5. The molecule has 2 nitrogen and oxygen atoms in total. The highest BCUT2D eigenvalue weighted by Crippen LogP contribution is 2.25. The second-order valence-corrected chi connectivity index (χ2v) is 6.13. The van der Waals surface area contributed by atoms with Crippen LogP contribution in [-0.4, -0.2) is 12.6 Å². The van der Waals surface area contributed by atoms with Gasteiger partial charge in [-0.1, -0.05) is 58.9 Å². The van der Waals surface area contributed by atoms with Gasteiger partial charge in [0.05, 0.1) is 0 Å². The molecule has 0 N–H and O–H groups in total. The van der Waals surface area contributed by atoms with E-state index in [0.29, 0.717) is 18.8 Å². The van der Waals surface area contributed by atoms with Crippen LogP contribution in [0.4, 0.5) is 0 Å². The van der Waals surface area contributed by atoms with Crippen molar-refractivity contribution in [3.63, 3.8) is 0 Å². The summed E-state index contributed by atoms with van der Waals surface area (Å²) in [5.74, 6) is 0.330. The number of hydrogen-bond donors (Lipinski definition) is 0. The molecule has 0 aliphatic rings. The molecule has 0 radical (unpaired) electrons. The predicted molar refractivity (Wildman–Crippen MR) is 85.2 cm³/mol. The number of aldehydes is 2. The Morgan fingerprint density at radius 1 is 1.05 bits per heavy atom. The van der Waals surface area contributed by atoms with E-state index < -0.39 is 0 Å². The van der Waals surface area contributed by atoms with Crippen LogP contribution in [0.25, 0.3) is 0 Å². The summed E-state index contributed by atoms with van der Waals surface area (Å²) in [6.45, 7) is 10.7. The van der Waals surface area contributed by atoms with Crippen LogP contribution in [0.2, 0.25) is 0 Å². The van der Waals surface area contributed by atoms with Crippen molar-refractivity contribution < 1.29 is 9.59 Å². The van der Waals surface area contributed by atoms with Crippen molar-refractivity contribution in [2.45, 2.75) is 65.2 Å². The zero-order chi connectivity index (χ0) is 15.6. The Hall–Kier alpha value is -1.44. The average Bonchev–Trinajstić information content (AvgIpc) is 2.40. The molecule has 20 heavy (non-hydrogen) atoms. The number of benzene rings is 1. The quantitative estimate of drug-likeness (QED) is 0.733. The van der Waals surface area contributed by atoms with Crippen LogP contribution in [0.1, 0.15) is 70.9 Å². The molecule has 112 valence electrons. The minimum absolute atomic E-state index is 0.201. The molecule has 1 atom stereocenters. The van der Waals surface area contributed by atoms with Gasteiger partial charge in [0.25, 0.3) is 0 Å². The largest absolute Gasteiger partial charge is 0.303 e. The highest BCUT2D eigenvalue weighted by molar-refractivity contribution is 5.51. The molecule has 0 aliphatic heterocycles. The normalized spacial score (nSPS) is 12.1. The van der Waals surface area contributed by atoms with Crippen LogP contribution in [0, 0.1) is 0 Å². The molecule has 0 fully saturated rings. The average molecular weight is 276 g/mol. The van der Waals surface area contributed by atoms with E-state index in [-0.39, 0.29) is 5.41 Å². The Morgan fingerprint density at radius 2 is 1.60 bits per heavy atom. The molecule has 0 heterocycles. The molecule has 0 aliphatic carbocycles. The minimum Gasteiger partial charge on any atom is -0.303 e. The first-order valence-corrected chi connectivity index (χ1v) is 7.34. The van der Waals surface area contributed by atoms with Crippen LogP contribution in [0.3, 0.4) is 0 Å². The van der Waals surface area contributed by atoms with Crippen LogP contribution in [-0.2, 0) is 15.0 Å². The smallest absolute Gasteiger partial charge is 0.120 e. The van der Waals surface area contributed by atoms with Gasteiger partial charge < -0.3 is 9.59 Å². The first kappa shape index (κ1) is 18.6. The summed E-state index contributed by atoms with van der Waals surface area (Å²) in [6, 6.07) is 8.59. The molecule has 0 aromatic heterocycles. The molecule has 0 amide bonds. The number of carbonyl (C=O) groups is 2. The van der Waals surface area contributed by atoms with E-state index in [1.807, 2.05) is 6.92 Å². The summed E-state index contributed by atoms with van der Waals surface area (Å²) < 4.78 is 0. The topological polar surface area (TPSA) is 34.1 Å². The lowest BCUT2D eigenvalue weighted by atomic mass is 9.85. The molecule has 0 saturated carbocycles. The van der Waals surface area contributed by atoms with Crippen molar-refractivity contribution in [1.82, 2.24) is 0 Å². The summed E-state index contributed by atoms with van der Waals surface area (Å²) in [6.07, 6.45) is 4.21. The number of unbranched alkanes of at least 4 members (excludes halogenated alkanes) is 1. The van der Waals surface area contributed by atoms with Crippen LogP contribution < -0.4 is 0 Å². The molecule has 1 aromatic carbocycles. The maximum Gasteiger partial charge on any atom is 0.120 e. The lowest BCUT2D eigenvalue weighted by Crippen LogP contribution is -2.10. The Bertz CT molecular complexity index is 385. The Labute approximate surface area is 123 Å². The standard InChI is InChI=1S/C14H20O.C4H8O/c1-11(9-10-15)12-5-7-13(8-6-12)14(2,3)4;1-2-3-4-5/h5-8,10-11H,9H2,1-4H3;4H,2-3H2,1H3. The van der Waals surface area contributed by atoms with Gasteiger partial charge in [0.1, 0.15) is 12.6 Å². The van der Waals surface area contributed by atoms with Crippen LogP contribution >= 0.6 is 0 Å². The Kier molecular flexibility index (Phi) is 8.78. The second kappa shape index (κ2) is 9.46. The van der Waals surface area contributed by atoms with Gasteiger partial charge in [-0.05, 0) is 28.9 Å². The van der Waals surface area contributed by atoms with Gasteiger partial charge >= 0.3 is 0 Å². The van der Waals surface area contributed by atoms with Crippen molar-refractivity contribution in [3.05, 3.63) is 35.4 Å². The van der Waals surface area contributed by atoms with Crippen LogP contribution in [0.15, 0.2) is 24.3 Å². The molecule has 1 unspecified atom stereocenters. The van der Waals surface area contributed by atoms with Crippen molar-refractivity contribution in [1.29, 1.82) is 0 Å². The first-order chi connectivity index (χ1) is 9.36. The third-order valence-electron chi connectivity index (χ3n) is 3.20. The van der Waals surface area contributed by atoms with E-state index in [1.54, 1.807) is 0 Å². The Balaban J connectivity index is 0.000000621. The third kappa shape index (κ3) is 7.22. The SMILES string of the molecule is CC(CC=O)c1ccc(C(C)(C)C)cc1.CCCC=O. The van der Waals surface area contributed by atoms with Crippen molar-refractivity contribution in [2.75, 3.05) is 0 Å². The summed E-state index contributed by atoms with van der Waals surface area (Å²) in [4.78, 5) is 19.8. The zero-order valence-corrected chi connectivity index (χ0v) is 13.5. The second-order valence-electron chi connectivity index (χ2n) is 6.13. The number of hydrogen-bond acceptors (Lipinski definition) is 2. The predicted octanol–water partition coefficient (Wildman–Crippen LogP) is 4.66. The maximum atomic E-state index is 10.4. The van der Waals surface area contributed by atoms with Gasteiger partial charge in [-0.3, -0.25) is 0 Å². The van der Waals surface area contributed by atoms with E-state index in [0.717, 1.165) is 19.0 Å². The fourth-order valence-corrected chi connectivity index (χ4v) is 1.71. The number of rotatable bonds is 5. The molecular weight excluding hydrogens is 248 g/mol. The van der Waals surface area contributed by atoms with E-state index in [9.17, 15) is 9.59 Å². The first-order valence-electron chi connectivity index (χ1n) is 7.34. The van der Waals surface area contributed by atoms with E-state index >= 15 is 0 Å². The molecule has 0 spiro atoms. The monoisotopic (exact) mass is 276 g/mol. The highest BCUT2D eigenvalue weighted by Gasteiger charge is 2.13. The third-order valence-corrected chi connectivity index (χ3v) is 3.20. The van der Waals surface area contributed by atoms with Gasteiger partial charge in [0.15, 0.2) is 0 Å². The summed E-state index contributed by atoms with van der Waals surface area (Å²) in [5.41, 5.74) is 2.78. The summed E-state index contributed by atoms with van der Waals surface area (Å²) in [7, 11) is 0. The van der Waals surface area contributed by atoms with Gasteiger partial charge in [0.2, 0.25) is 0 Å². The van der Waals surface area contributed by atoms with Crippen LogP contribution in [0.5, 0.6) is 0 Å². The fraction of sp³-hybridized carbons (Fsp3) is 0.556. The van der Waals surface area contributed by atoms with Gasteiger partial charge in [-0.15, -0.1) is 0 Å². The van der Waals surface area contributed by atoms with Crippen molar-refractivity contribution in [3.8, 4) is 0 Å². The molecule has 0 saturated heterocycles. The number of carbonyl (C=O) groups excluding carboxylic acids is 2. The van der Waals surface area contributed by atoms with Crippen molar-refractivity contribution in [2.24, 2.45) is 0 Å². The molecule has 1 rings (SSSR count). The van der Waals surface area contributed by atoms with Gasteiger partial charge in [-0.2, -0.15) is 0 Å². The maximum absolute atomic E-state index is 10.4. The minimum atomic E-state index is 0.201. The van der Waals surface area contributed by atoms with Gasteiger partial charge in [-0.25, -0.2) is 0 Å². The van der Waals surface area contributed by atoms with E-state index in [1.165, 1.54) is 11.1 Å². The lowest BCUT2D eigenvalue weighted by molar-refractivity contribution is -0.108. The summed E-state index contributed by atoms with van der Waals surface area (Å²) in [5, 5.41) is 0. The highest BCUT2D eigenvalue weighted by atomic mass is 16.1. The molecular formula is C18H28O2. The molecule has 0 bridgehead atoms. The fourth-order valence-electron chi connectivity index (χ4n) is 1.71.